The van der Waals surface area contributed by atoms with Crippen LogP contribution in [-0.2, 0) is 0 Å². The van der Waals surface area contributed by atoms with Crippen molar-refractivity contribution >= 4 is 28.5 Å². The standard InChI is InChI=1S/C23H27N5O4/c1-4-26(5-2)19-9-10-20(25-24-19)27-11-13-28(14-12-27)22(29)17-15-16-7-6-8-18(31-3)21(16)32-23(17)30/h6-10,15H,4-5,11-14H2,1-3H3. The van der Waals surface area contributed by atoms with Crippen molar-refractivity contribution in [3.63, 3.8) is 0 Å². The number of nitrogens with zero attached hydrogens (tertiary/aromatic N) is 5. The molecule has 1 aliphatic rings. The predicted octanol–water partition coefficient (Wildman–Crippen LogP) is 2.40. The zero-order chi connectivity index (χ0) is 22.7. The Kier molecular flexibility index (Phi) is 6.25. The average Bonchev–Trinajstić information content (AvgIpc) is 2.84. The molecule has 3 aromatic rings. The molecule has 0 unspecified atom stereocenters. The van der Waals surface area contributed by atoms with E-state index in [1.807, 2.05) is 12.1 Å². The molecule has 1 saturated heterocycles. The number of para-hydroxylation sites is 1. The van der Waals surface area contributed by atoms with Gasteiger partial charge in [0.1, 0.15) is 5.56 Å². The molecule has 1 fully saturated rings. The highest BCUT2D eigenvalue weighted by Crippen LogP contribution is 2.25. The summed E-state index contributed by atoms with van der Waals surface area (Å²) in [6, 6.07) is 10.8. The summed E-state index contributed by atoms with van der Waals surface area (Å²) in [5.41, 5.74) is -0.289. The number of piperazine rings is 1. The van der Waals surface area contributed by atoms with Gasteiger partial charge in [-0.05, 0) is 38.1 Å². The van der Waals surface area contributed by atoms with Gasteiger partial charge < -0.3 is 23.9 Å². The summed E-state index contributed by atoms with van der Waals surface area (Å²) in [7, 11) is 1.51. The van der Waals surface area contributed by atoms with Crippen molar-refractivity contribution in [1.82, 2.24) is 15.1 Å². The van der Waals surface area contributed by atoms with Gasteiger partial charge in [-0.1, -0.05) is 12.1 Å². The van der Waals surface area contributed by atoms with Crippen molar-refractivity contribution in [3.8, 4) is 5.75 Å². The first kappa shape index (κ1) is 21.6. The first-order valence-corrected chi connectivity index (χ1v) is 10.8. The number of hydrogen-bond acceptors (Lipinski definition) is 8. The third-order valence-corrected chi connectivity index (χ3v) is 5.79. The third kappa shape index (κ3) is 4.10. The SMILES string of the molecule is CCN(CC)c1ccc(N2CCN(C(=O)c3cc4cccc(OC)c4oc3=O)CC2)nn1. The zero-order valence-electron chi connectivity index (χ0n) is 18.6. The van der Waals surface area contributed by atoms with E-state index in [1.165, 1.54) is 7.11 Å². The summed E-state index contributed by atoms with van der Waals surface area (Å²) in [6.07, 6.45) is 0. The number of methoxy groups -OCH3 is 1. The second-order valence-electron chi connectivity index (χ2n) is 7.53. The summed E-state index contributed by atoms with van der Waals surface area (Å²) < 4.78 is 10.6. The summed E-state index contributed by atoms with van der Waals surface area (Å²) in [6.45, 7) is 8.10. The number of fused-ring (bicyclic) bond motifs is 1. The fourth-order valence-electron chi connectivity index (χ4n) is 3.94. The van der Waals surface area contributed by atoms with Crippen molar-refractivity contribution in [2.45, 2.75) is 13.8 Å². The Morgan fingerprint density at radius 3 is 2.47 bits per heavy atom. The smallest absolute Gasteiger partial charge is 0.349 e. The molecular weight excluding hydrogens is 410 g/mol. The third-order valence-electron chi connectivity index (χ3n) is 5.79. The fraction of sp³-hybridized carbons (Fsp3) is 0.391. The summed E-state index contributed by atoms with van der Waals surface area (Å²) in [5, 5.41) is 9.36. The van der Waals surface area contributed by atoms with Crippen LogP contribution < -0.4 is 20.2 Å². The van der Waals surface area contributed by atoms with E-state index in [1.54, 1.807) is 29.2 Å². The van der Waals surface area contributed by atoms with Crippen molar-refractivity contribution in [3.05, 3.63) is 52.4 Å². The molecule has 9 heteroatoms. The maximum atomic E-state index is 13.0. The van der Waals surface area contributed by atoms with E-state index in [4.69, 9.17) is 9.15 Å². The van der Waals surface area contributed by atoms with Crippen LogP contribution in [0.5, 0.6) is 5.75 Å². The summed E-state index contributed by atoms with van der Waals surface area (Å²) in [5.74, 6) is 1.77. The van der Waals surface area contributed by atoms with Gasteiger partial charge in [-0.15, -0.1) is 10.2 Å². The van der Waals surface area contributed by atoms with Gasteiger partial charge in [0.2, 0.25) is 0 Å². The lowest BCUT2D eigenvalue weighted by Gasteiger charge is -2.35. The molecule has 0 aliphatic carbocycles. The molecule has 168 valence electrons. The Labute approximate surface area is 186 Å². The lowest BCUT2D eigenvalue weighted by Crippen LogP contribution is -2.49. The van der Waals surface area contributed by atoms with Crippen LogP contribution in [0.1, 0.15) is 24.2 Å². The Balaban J connectivity index is 1.46. The maximum absolute atomic E-state index is 13.0. The molecule has 0 radical (unpaired) electrons. The number of hydrogen-bond donors (Lipinski definition) is 0. The van der Waals surface area contributed by atoms with Crippen molar-refractivity contribution < 1.29 is 13.9 Å². The lowest BCUT2D eigenvalue weighted by molar-refractivity contribution is 0.0742. The topological polar surface area (TPSA) is 92.0 Å². The van der Waals surface area contributed by atoms with Crippen LogP contribution in [0.15, 0.2) is 45.6 Å². The van der Waals surface area contributed by atoms with Gasteiger partial charge in [-0.3, -0.25) is 4.79 Å². The largest absolute Gasteiger partial charge is 0.493 e. The molecule has 32 heavy (non-hydrogen) atoms. The van der Waals surface area contributed by atoms with E-state index in [-0.39, 0.29) is 11.5 Å². The minimum absolute atomic E-state index is 0.0302. The maximum Gasteiger partial charge on any atom is 0.349 e. The minimum Gasteiger partial charge on any atom is -0.493 e. The number of carbonyl (C=O) groups excluding carboxylic acids is 1. The lowest BCUT2D eigenvalue weighted by atomic mass is 10.1. The van der Waals surface area contributed by atoms with Crippen LogP contribution in [0.2, 0.25) is 0 Å². The van der Waals surface area contributed by atoms with Gasteiger partial charge in [-0.2, -0.15) is 0 Å². The van der Waals surface area contributed by atoms with Crippen LogP contribution in [0, 0.1) is 0 Å². The van der Waals surface area contributed by atoms with Crippen LogP contribution in [0.3, 0.4) is 0 Å². The molecule has 9 nitrogen and oxygen atoms in total. The predicted molar refractivity (Wildman–Crippen MR) is 123 cm³/mol. The van der Waals surface area contributed by atoms with Gasteiger partial charge in [0, 0.05) is 44.7 Å². The first-order valence-electron chi connectivity index (χ1n) is 10.8. The Hall–Kier alpha value is -3.62. The zero-order valence-corrected chi connectivity index (χ0v) is 18.6. The van der Waals surface area contributed by atoms with Crippen LogP contribution in [0.4, 0.5) is 11.6 Å². The summed E-state index contributed by atoms with van der Waals surface area (Å²) in [4.78, 5) is 31.4. The Morgan fingerprint density at radius 2 is 1.84 bits per heavy atom. The van der Waals surface area contributed by atoms with Gasteiger partial charge in [-0.25, -0.2) is 4.79 Å². The molecule has 0 atom stereocenters. The highest BCUT2D eigenvalue weighted by atomic mass is 16.5. The number of anilines is 2. The molecule has 1 aromatic carbocycles. The van der Waals surface area contributed by atoms with Gasteiger partial charge in [0.15, 0.2) is 23.0 Å². The number of ether oxygens (including phenoxy) is 1. The van der Waals surface area contributed by atoms with E-state index < -0.39 is 5.63 Å². The number of amides is 1. The second-order valence-corrected chi connectivity index (χ2v) is 7.53. The van der Waals surface area contributed by atoms with Crippen molar-refractivity contribution in [2.75, 3.05) is 56.2 Å². The van der Waals surface area contributed by atoms with Crippen LogP contribution in [0.25, 0.3) is 11.0 Å². The highest BCUT2D eigenvalue weighted by Gasteiger charge is 2.26. The molecule has 3 heterocycles. The molecule has 2 aromatic heterocycles. The molecule has 4 rings (SSSR count). The van der Waals surface area contributed by atoms with Gasteiger partial charge in [0.25, 0.3) is 5.91 Å². The Morgan fingerprint density at radius 1 is 1.09 bits per heavy atom. The molecule has 0 spiro atoms. The van der Waals surface area contributed by atoms with E-state index in [0.717, 1.165) is 24.7 Å². The molecule has 0 bridgehead atoms. The van der Waals surface area contributed by atoms with Gasteiger partial charge >= 0.3 is 5.63 Å². The van der Waals surface area contributed by atoms with E-state index in [9.17, 15) is 9.59 Å². The second kappa shape index (κ2) is 9.25. The molecule has 1 amide bonds. The number of aromatic nitrogens is 2. The monoisotopic (exact) mass is 437 g/mol. The van der Waals surface area contributed by atoms with Crippen LogP contribution in [-0.4, -0.2) is 67.4 Å². The molecule has 0 N–H and O–H groups in total. The normalized spacial score (nSPS) is 14.0. The highest BCUT2D eigenvalue weighted by molar-refractivity contribution is 5.97. The quantitative estimate of drug-likeness (QED) is 0.543. The van der Waals surface area contributed by atoms with E-state index in [2.05, 4.69) is 33.8 Å². The number of benzene rings is 1. The fourth-order valence-corrected chi connectivity index (χ4v) is 3.94. The van der Waals surface area contributed by atoms with Crippen molar-refractivity contribution in [2.24, 2.45) is 0 Å². The van der Waals surface area contributed by atoms with Crippen molar-refractivity contribution in [1.29, 1.82) is 0 Å². The van der Waals surface area contributed by atoms with Gasteiger partial charge in [0.05, 0.1) is 7.11 Å². The average molecular weight is 438 g/mol. The summed E-state index contributed by atoms with van der Waals surface area (Å²) >= 11 is 0. The first-order chi connectivity index (χ1) is 15.5. The Bertz CT molecular complexity index is 1150. The minimum atomic E-state index is -0.660. The van der Waals surface area contributed by atoms with E-state index >= 15 is 0 Å². The van der Waals surface area contributed by atoms with Crippen LogP contribution >= 0.6 is 0 Å². The number of carbonyl (C=O) groups is 1. The molecule has 0 saturated carbocycles. The molecular formula is C23H27N5O4. The van der Waals surface area contributed by atoms with E-state index in [0.29, 0.717) is 42.9 Å². The number of rotatable bonds is 6. The molecule has 1 aliphatic heterocycles.